The summed E-state index contributed by atoms with van der Waals surface area (Å²) in [4.78, 5) is 6.85. The largest absolute Gasteiger partial charge is 0.370 e. The maximum atomic E-state index is 6.15. The lowest BCUT2D eigenvalue weighted by Crippen LogP contribution is -2.38. The van der Waals surface area contributed by atoms with Crippen LogP contribution in [0.1, 0.15) is 45.1 Å². The van der Waals surface area contributed by atoms with E-state index in [4.69, 9.17) is 10.7 Å². The third kappa shape index (κ3) is 3.79. The summed E-state index contributed by atoms with van der Waals surface area (Å²) in [5.41, 5.74) is 7.71. The third-order valence-electron chi connectivity index (χ3n) is 4.63. The lowest BCUT2D eigenvalue weighted by atomic mass is 9.79. The van der Waals surface area contributed by atoms with Crippen LogP contribution in [0.4, 0.5) is 0 Å². The molecule has 2 N–H and O–H groups in total. The van der Waals surface area contributed by atoms with Crippen molar-refractivity contribution in [1.82, 2.24) is 4.90 Å². The predicted molar refractivity (Wildman–Crippen MR) is 93.7 cm³/mol. The molecular weight excluding hydrogens is 326 g/mol. The van der Waals surface area contributed by atoms with Crippen molar-refractivity contribution in [2.24, 2.45) is 10.7 Å². The molecule has 0 bridgehead atoms. The highest BCUT2D eigenvalue weighted by Crippen LogP contribution is 2.42. The molecule has 0 radical (unpaired) electrons. The van der Waals surface area contributed by atoms with E-state index < -0.39 is 0 Å². The maximum absolute atomic E-state index is 6.15. The molecule has 0 aromatic heterocycles. The summed E-state index contributed by atoms with van der Waals surface area (Å²) in [6.07, 6.45) is 4.98. The standard InChI is InChI=1S/C17H26BrN3/c1-3-21(4-2)16(19)20-13-17(10-5-6-11-17)14-8-7-9-15(18)12-14/h7-9,12H,3-6,10-11,13H2,1-2H3,(H2,19,20). The molecule has 4 heteroatoms. The molecule has 1 aliphatic carbocycles. The first-order chi connectivity index (χ1) is 10.1. The van der Waals surface area contributed by atoms with E-state index in [9.17, 15) is 0 Å². The van der Waals surface area contributed by atoms with E-state index in [0.29, 0.717) is 5.96 Å². The minimum absolute atomic E-state index is 0.168. The Morgan fingerprint density at radius 3 is 2.52 bits per heavy atom. The topological polar surface area (TPSA) is 41.6 Å². The van der Waals surface area contributed by atoms with E-state index in [1.807, 2.05) is 0 Å². The highest BCUT2D eigenvalue weighted by atomic mass is 79.9. The van der Waals surface area contributed by atoms with E-state index in [1.54, 1.807) is 0 Å². The molecule has 116 valence electrons. The zero-order valence-electron chi connectivity index (χ0n) is 13.1. The summed E-state index contributed by atoms with van der Waals surface area (Å²) in [5.74, 6) is 0.682. The average Bonchev–Trinajstić information content (AvgIpc) is 2.96. The Kier molecular flexibility index (Phi) is 5.68. The molecule has 1 aliphatic rings. The molecular formula is C17H26BrN3. The predicted octanol–water partition coefficient (Wildman–Crippen LogP) is 3.92. The minimum atomic E-state index is 0.168. The summed E-state index contributed by atoms with van der Waals surface area (Å²) in [5, 5.41) is 0. The van der Waals surface area contributed by atoms with Gasteiger partial charge in [0.25, 0.3) is 0 Å². The van der Waals surface area contributed by atoms with Crippen LogP contribution < -0.4 is 5.73 Å². The molecule has 1 fully saturated rings. The summed E-state index contributed by atoms with van der Waals surface area (Å²) in [7, 11) is 0. The zero-order chi connectivity index (χ0) is 15.3. The normalized spacial score (nSPS) is 18.0. The van der Waals surface area contributed by atoms with Crippen LogP contribution in [0.25, 0.3) is 0 Å². The highest BCUT2D eigenvalue weighted by molar-refractivity contribution is 9.10. The molecule has 0 heterocycles. The van der Waals surface area contributed by atoms with Crippen molar-refractivity contribution in [3.63, 3.8) is 0 Å². The fourth-order valence-corrected chi connectivity index (χ4v) is 3.69. The quantitative estimate of drug-likeness (QED) is 0.645. The van der Waals surface area contributed by atoms with Gasteiger partial charge < -0.3 is 10.6 Å². The van der Waals surface area contributed by atoms with Crippen molar-refractivity contribution >= 4 is 21.9 Å². The van der Waals surface area contributed by atoms with E-state index in [1.165, 1.54) is 31.2 Å². The fourth-order valence-electron chi connectivity index (χ4n) is 3.29. The Labute approximate surface area is 136 Å². The molecule has 21 heavy (non-hydrogen) atoms. The zero-order valence-corrected chi connectivity index (χ0v) is 14.7. The third-order valence-corrected chi connectivity index (χ3v) is 5.12. The van der Waals surface area contributed by atoms with Crippen LogP contribution in [0.2, 0.25) is 0 Å². The number of benzene rings is 1. The van der Waals surface area contributed by atoms with Gasteiger partial charge in [-0.15, -0.1) is 0 Å². The van der Waals surface area contributed by atoms with Crippen LogP contribution in [0.3, 0.4) is 0 Å². The van der Waals surface area contributed by atoms with Gasteiger partial charge in [-0.05, 0) is 44.4 Å². The van der Waals surface area contributed by atoms with Gasteiger partial charge in [-0.1, -0.05) is 40.9 Å². The Morgan fingerprint density at radius 1 is 1.29 bits per heavy atom. The van der Waals surface area contributed by atoms with Crippen LogP contribution in [0, 0.1) is 0 Å². The second-order valence-electron chi connectivity index (χ2n) is 5.84. The lowest BCUT2D eigenvalue weighted by Gasteiger charge is -2.29. The van der Waals surface area contributed by atoms with Crippen LogP contribution in [0.5, 0.6) is 0 Å². The van der Waals surface area contributed by atoms with Crippen LogP contribution in [-0.4, -0.2) is 30.5 Å². The summed E-state index contributed by atoms with van der Waals surface area (Å²) in [6, 6.07) is 8.68. The molecule has 1 aromatic carbocycles. The molecule has 0 saturated heterocycles. The van der Waals surface area contributed by atoms with E-state index >= 15 is 0 Å². The molecule has 0 atom stereocenters. The van der Waals surface area contributed by atoms with Gasteiger partial charge in [0.05, 0.1) is 6.54 Å². The van der Waals surface area contributed by atoms with Crippen LogP contribution in [0.15, 0.2) is 33.7 Å². The molecule has 1 saturated carbocycles. The molecule has 0 unspecified atom stereocenters. The number of nitrogens with zero attached hydrogens (tertiary/aromatic N) is 2. The summed E-state index contributed by atoms with van der Waals surface area (Å²) < 4.78 is 1.15. The van der Waals surface area contributed by atoms with Crippen molar-refractivity contribution in [2.45, 2.75) is 44.9 Å². The number of halogens is 1. The molecule has 1 aromatic rings. The van der Waals surface area contributed by atoms with Gasteiger partial charge in [-0.25, -0.2) is 0 Å². The van der Waals surface area contributed by atoms with Crippen molar-refractivity contribution in [3.05, 3.63) is 34.3 Å². The molecule has 2 rings (SSSR count). The summed E-state index contributed by atoms with van der Waals surface area (Å²) in [6.45, 7) is 6.86. The Hall–Kier alpha value is -1.03. The average molecular weight is 352 g/mol. The smallest absolute Gasteiger partial charge is 0.191 e. The highest BCUT2D eigenvalue weighted by Gasteiger charge is 2.35. The van der Waals surface area contributed by atoms with Gasteiger partial charge in [0.1, 0.15) is 0 Å². The molecule has 0 spiro atoms. The Balaban J connectivity index is 2.22. The SMILES string of the molecule is CCN(CC)C(N)=NCC1(c2cccc(Br)c2)CCCC1. The number of hydrogen-bond donors (Lipinski definition) is 1. The molecule has 3 nitrogen and oxygen atoms in total. The van der Waals surface area contributed by atoms with E-state index in [-0.39, 0.29) is 5.41 Å². The van der Waals surface area contributed by atoms with Gasteiger partial charge >= 0.3 is 0 Å². The Bertz CT molecular complexity index is 489. The van der Waals surface area contributed by atoms with Gasteiger partial charge in [0.15, 0.2) is 5.96 Å². The summed E-state index contributed by atoms with van der Waals surface area (Å²) >= 11 is 3.59. The van der Waals surface area contributed by atoms with E-state index in [0.717, 1.165) is 24.1 Å². The number of rotatable bonds is 5. The number of nitrogens with two attached hydrogens (primary N) is 1. The minimum Gasteiger partial charge on any atom is -0.370 e. The van der Waals surface area contributed by atoms with Gasteiger partial charge in [-0.2, -0.15) is 0 Å². The van der Waals surface area contributed by atoms with Gasteiger partial charge in [0, 0.05) is 23.0 Å². The number of hydrogen-bond acceptors (Lipinski definition) is 1. The second kappa shape index (κ2) is 7.30. The van der Waals surface area contributed by atoms with Crippen LogP contribution >= 0.6 is 15.9 Å². The van der Waals surface area contributed by atoms with Gasteiger partial charge in [-0.3, -0.25) is 4.99 Å². The maximum Gasteiger partial charge on any atom is 0.191 e. The molecule has 0 aliphatic heterocycles. The van der Waals surface area contributed by atoms with Crippen molar-refractivity contribution in [2.75, 3.05) is 19.6 Å². The fraction of sp³-hybridized carbons (Fsp3) is 0.588. The first kappa shape index (κ1) is 16.3. The number of aliphatic imine (C=N–C) groups is 1. The first-order valence-electron chi connectivity index (χ1n) is 7.92. The first-order valence-corrected chi connectivity index (χ1v) is 8.71. The van der Waals surface area contributed by atoms with Gasteiger partial charge in [0.2, 0.25) is 0 Å². The van der Waals surface area contributed by atoms with E-state index in [2.05, 4.69) is 58.9 Å². The van der Waals surface area contributed by atoms with Crippen molar-refractivity contribution < 1.29 is 0 Å². The van der Waals surface area contributed by atoms with Crippen LogP contribution in [-0.2, 0) is 5.41 Å². The Morgan fingerprint density at radius 2 is 1.95 bits per heavy atom. The second-order valence-corrected chi connectivity index (χ2v) is 6.76. The lowest BCUT2D eigenvalue weighted by molar-refractivity contribution is 0.432. The monoisotopic (exact) mass is 351 g/mol. The van der Waals surface area contributed by atoms with Crippen molar-refractivity contribution in [1.29, 1.82) is 0 Å². The molecule has 0 amide bonds. The number of guanidine groups is 1. The van der Waals surface area contributed by atoms with Crippen molar-refractivity contribution in [3.8, 4) is 0 Å².